The largest absolute Gasteiger partial charge is 0.382 e. The van der Waals surface area contributed by atoms with Gasteiger partial charge in [-0.1, -0.05) is 0 Å². The van der Waals surface area contributed by atoms with Crippen molar-refractivity contribution in [3.8, 4) is 0 Å². The van der Waals surface area contributed by atoms with Crippen LogP contribution in [0.1, 0.15) is 0 Å². The fraction of sp³-hybridized carbons (Fsp3) is 1.00. The number of methoxy groups -OCH3 is 1. The number of morpholine rings is 1. The van der Waals surface area contributed by atoms with Gasteiger partial charge in [0.15, 0.2) is 0 Å². The van der Waals surface area contributed by atoms with Gasteiger partial charge in [-0.3, -0.25) is 4.90 Å². The third-order valence-electron chi connectivity index (χ3n) is 2.47. The molecule has 1 atom stereocenters. The van der Waals surface area contributed by atoms with Crippen molar-refractivity contribution in [2.45, 2.75) is 6.10 Å². The van der Waals surface area contributed by atoms with Crippen LogP contribution < -0.4 is 5.73 Å². The summed E-state index contributed by atoms with van der Waals surface area (Å²) in [5.41, 5.74) is 5.56. The average molecular weight is 255 g/mol. The highest BCUT2D eigenvalue weighted by atomic mass is 35.5. The molecule has 98 valence electrons. The minimum absolute atomic E-state index is 0. The molecular weight excluding hydrogens is 232 g/mol. The lowest BCUT2D eigenvalue weighted by Gasteiger charge is -2.32. The zero-order valence-corrected chi connectivity index (χ0v) is 10.7. The quantitative estimate of drug-likeness (QED) is 0.634. The normalized spacial score (nSPS) is 21.8. The molecular formula is C10H23ClN2O3. The molecule has 0 aromatic carbocycles. The summed E-state index contributed by atoms with van der Waals surface area (Å²) in [7, 11) is 1.68. The number of hydrogen-bond donors (Lipinski definition) is 1. The summed E-state index contributed by atoms with van der Waals surface area (Å²) in [6.07, 6.45) is 0.192. The van der Waals surface area contributed by atoms with E-state index in [1.165, 1.54) is 0 Å². The zero-order valence-electron chi connectivity index (χ0n) is 9.89. The Morgan fingerprint density at radius 3 is 2.88 bits per heavy atom. The summed E-state index contributed by atoms with van der Waals surface area (Å²) in [5.74, 6) is 0. The third-order valence-corrected chi connectivity index (χ3v) is 2.47. The summed E-state index contributed by atoms with van der Waals surface area (Å²) in [6.45, 7) is 6.30. The second-order valence-corrected chi connectivity index (χ2v) is 3.63. The van der Waals surface area contributed by atoms with Gasteiger partial charge in [-0.25, -0.2) is 0 Å². The van der Waals surface area contributed by atoms with Crippen molar-refractivity contribution in [3.05, 3.63) is 0 Å². The first-order valence-corrected chi connectivity index (χ1v) is 5.47. The molecule has 16 heavy (non-hydrogen) atoms. The van der Waals surface area contributed by atoms with Crippen molar-refractivity contribution in [1.29, 1.82) is 0 Å². The lowest BCUT2D eigenvalue weighted by Crippen LogP contribution is -2.46. The van der Waals surface area contributed by atoms with Crippen LogP contribution >= 0.6 is 12.4 Å². The molecule has 1 aliphatic heterocycles. The van der Waals surface area contributed by atoms with Crippen molar-refractivity contribution in [2.75, 3.05) is 59.7 Å². The highest BCUT2D eigenvalue weighted by Gasteiger charge is 2.18. The van der Waals surface area contributed by atoms with Crippen molar-refractivity contribution in [2.24, 2.45) is 5.73 Å². The molecule has 1 unspecified atom stereocenters. The van der Waals surface area contributed by atoms with Gasteiger partial charge in [0.05, 0.1) is 32.5 Å². The van der Waals surface area contributed by atoms with Crippen molar-refractivity contribution in [3.63, 3.8) is 0 Å². The number of nitrogens with two attached hydrogens (primary N) is 1. The van der Waals surface area contributed by atoms with E-state index in [4.69, 9.17) is 19.9 Å². The minimum atomic E-state index is 0. The number of nitrogens with zero attached hydrogens (tertiary/aromatic N) is 1. The van der Waals surface area contributed by atoms with Crippen molar-refractivity contribution in [1.82, 2.24) is 4.90 Å². The lowest BCUT2D eigenvalue weighted by atomic mass is 10.3. The molecule has 1 heterocycles. The fourth-order valence-electron chi connectivity index (χ4n) is 1.56. The van der Waals surface area contributed by atoms with E-state index in [9.17, 15) is 0 Å². The summed E-state index contributed by atoms with van der Waals surface area (Å²) < 4.78 is 15.8. The van der Waals surface area contributed by atoms with Crippen LogP contribution in [0.15, 0.2) is 0 Å². The van der Waals surface area contributed by atoms with Gasteiger partial charge < -0.3 is 19.9 Å². The molecule has 2 N–H and O–H groups in total. The van der Waals surface area contributed by atoms with Crippen molar-refractivity contribution < 1.29 is 14.2 Å². The van der Waals surface area contributed by atoms with Crippen LogP contribution in [0, 0.1) is 0 Å². The molecule has 5 nitrogen and oxygen atoms in total. The molecule has 0 saturated carbocycles. The first kappa shape index (κ1) is 16.1. The highest BCUT2D eigenvalue weighted by Crippen LogP contribution is 2.03. The molecule has 6 heteroatoms. The molecule has 0 aliphatic carbocycles. The van der Waals surface area contributed by atoms with E-state index in [2.05, 4.69) is 4.90 Å². The highest BCUT2D eigenvalue weighted by molar-refractivity contribution is 5.85. The Kier molecular flexibility index (Phi) is 10.3. The molecule has 0 amide bonds. The molecule has 0 aromatic rings. The Bertz CT molecular complexity index is 163. The number of rotatable bonds is 7. The number of ether oxygens (including phenoxy) is 3. The zero-order chi connectivity index (χ0) is 10.9. The fourth-order valence-corrected chi connectivity index (χ4v) is 1.56. The molecule has 1 saturated heterocycles. The van der Waals surface area contributed by atoms with Gasteiger partial charge >= 0.3 is 0 Å². The maximum Gasteiger partial charge on any atom is 0.0824 e. The molecule has 0 radical (unpaired) electrons. The second kappa shape index (κ2) is 10.3. The second-order valence-electron chi connectivity index (χ2n) is 3.63. The van der Waals surface area contributed by atoms with Crippen LogP contribution in [-0.2, 0) is 14.2 Å². The van der Waals surface area contributed by atoms with Gasteiger partial charge in [0.1, 0.15) is 0 Å². The van der Waals surface area contributed by atoms with E-state index in [0.29, 0.717) is 19.8 Å². The van der Waals surface area contributed by atoms with E-state index in [-0.39, 0.29) is 18.5 Å². The predicted octanol–water partition coefficient (Wildman–Crippen LogP) is -0.269. The molecule has 0 bridgehead atoms. The molecule has 0 aromatic heterocycles. The van der Waals surface area contributed by atoms with Crippen LogP contribution in [0.3, 0.4) is 0 Å². The summed E-state index contributed by atoms with van der Waals surface area (Å²) in [5, 5.41) is 0. The summed E-state index contributed by atoms with van der Waals surface area (Å²) in [4.78, 5) is 2.33. The Morgan fingerprint density at radius 2 is 2.19 bits per heavy atom. The maximum atomic E-state index is 5.56. The smallest absolute Gasteiger partial charge is 0.0824 e. The van der Waals surface area contributed by atoms with Gasteiger partial charge in [-0.15, -0.1) is 12.4 Å². The average Bonchev–Trinajstić information content (AvgIpc) is 2.29. The minimum Gasteiger partial charge on any atom is -0.382 e. The standard InChI is InChI=1S/C10H22N2O3.ClH/c1-13-6-7-14-4-2-12-3-5-15-10(8-11)9-12;/h10H,2-9,11H2,1H3;1H. The first-order valence-electron chi connectivity index (χ1n) is 5.47. The van der Waals surface area contributed by atoms with Gasteiger partial charge in [0.2, 0.25) is 0 Å². The van der Waals surface area contributed by atoms with Crippen LogP contribution in [0.2, 0.25) is 0 Å². The Labute approximate surface area is 104 Å². The van der Waals surface area contributed by atoms with Gasteiger partial charge in [0.25, 0.3) is 0 Å². The maximum absolute atomic E-state index is 5.56. The summed E-state index contributed by atoms with van der Waals surface area (Å²) >= 11 is 0. The Balaban J connectivity index is 0.00000225. The summed E-state index contributed by atoms with van der Waals surface area (Å²) in [6, 6.07) is 0. The van der Waals surface area contributed by atoms with Crippen molar-refractivity contribution >= 4 is 12.4 Å². The van der Waals surface area contributed by atoms with E-state index in [1.807, 2.05) is 0 Å². The lowest BCUT2D eigenvalue weighted by molar-refractivity contribution is -0.0333. The van der Waals surface area contributed by atoms with Crippen LogP contribution in [0.25, 0.3) is 0 Å². The van der Waals surface area contributed by atoms with Crippen LogP contribution in [0.4, 0.5) is 0 Å². The van der Waals surface area contributed by atoms with E-state index in [0.717, 1.165) is 32.8 Å². The van der Waals surface area contributed by atoms with Crippen LogP contribution in [-0.4, -0.2) is 70.7 Å². The van der Waals surface area contributed by atoms with E-state index >= 15 is 0 Å². The topological polar surface area (TPSA) is 57.0 Å². The first-order chi connectivity index (χ1) is 7.36. The molecule has 1 aliphatic rings. The Morgan fingerprint density at radius 1 is 1.38 bits per heavy atom. The Hall–Kier alpha value is 0.0900. The molecule has 0 spiro atoms. The predicted molar refractivity (Wildman–Crippen MR) is 65.2 cm³/mol. The van der Waals surface area contributed by atoms with E-state index in [1.54, 1.807) is 7.11 Å². The van der Waals surface area contributed by atoms with E-state index < -0.39 is 0 Å². The van der Waals surface area contributed by atoms with Gasteiger partial charge in [0, 0.05) is 33.3 Å². The molecule has 1 fully saturated rings. The monoisotopic (exact) mass is 254 g/mol. The number of hydrogen-bond acceptors (Lipinski definition) is 5. The number of halogens is 1. The third kappa shape index (κ3) is 6.62. The SMILES string of the molecule is COCCOCCN1CCOC(CN)C1.Cl. The van der Waals surface area contributed by atoms with Gasteiger partial charge in [-0.2, -0.15) is 0 Å². The van der Waals surface area contributed by atoms with Crippen LogP contribution in [0.5, 0.6) is 0 Å². The molecule has 1 rings (SSSR count). The van der Waals surface area contributed by atoms with Gasteiger partial charge in [-0.05, 0) is 0 Å².